The van der Waals surface area contributed by atoms with E-state index in [0.717, 1.165) is 5.56 Å². The highest BCUT2D eigenvalue weighted by atomic mass is 35.5. The first kappa shape index (κ1) is 13.8. The third-order valence-corrected chi connectivity index (χ3v) is 3.07. The Hall–Kier alpha value is -1.58. The Bertz CT molecular complexity index is 545. The van der Waals surface area contributed by atoms with Crippen molar-refractivity contribution in [2.24, 2.45) is 5.73 Å². The van der Waals surface area contributed by atoms with Crippen LogP contribution in [0.4, 0.5) is 4.39 Å². The quantitative estimate of drug-likeness (QED) is 0.920. The Kier molecular flexibility index (Phi) is 4.40. The summed E-state index contributed by atoms with van der Waals surface area (Å²) < 4.78 is 19.2. The minimum Gasteiger partial charge on any atom is -0.484 e. The molecule has 0 heterocycles. The van der Waals surface area contributed by atoms with Crippen LogP contribution in [0, 0.1) is 5.82 Å². The number of benzene rings is 2. The van der Waals surface area contributed by atoms with E-state index in [1.54, 1.807) is 6.07 Å². The van der Waals surface area contributed by atoms with Gasteiger partial charge in [0.2, 0.25) is 0 Å². The standard InChI is InChI=1S/C15H15ClFNO/c1-10(18)15(11-5-3-2-4-6-11)19-12-7-8-13(16)14(17)9-12/h2-10,15H,18H2,1H3. The van der Waals surface area contributed by atoms with Gasteiger partial charge in [-0.25, -0.2) is 4.39 Å². The zero-order valence-corrected chi connectivity index (χ0v) is 11.3. The predicted octanol–water partition coefficient (Wildman–Crippen LogP) is 3.95. The van der Waals surface area contributed by atoms with Crippen molar-refractivity contribution in [2.75, 3.05) is 0 Å². The van der Waals surface area contributed by atoms with Gasteiger partial charge in [-0.2, -0.15) is 0 Å². The highest BCUT2D eigenvalue weighted by Gasteiger charge is 2.18. The van der Waals surface area contributed by atoms with Gasteiger partial charge >= 0.3 is 0 Å². The van der Waals surface area contributed by atoms with E-state index >= 15 is 0 Å². The van der Waals surface area contributed by atoms with Crippen LogP contribution in [0.2, 0.25) is 5.02 Å². The second-order valence-electron chi connectivity index (χ2n) is 4.38. The molecule has 2 rings (SSSR count). The van der Waals surface area contributed by atoms with Gasteiger partial charge in [0.1, 0.15) is 17.7 Å². The molecule has 2 atom stereocenters. The monoisotopic (exact) mass is 279 g/mol. The lowest BCUT2D eigenvalue weighted by atomic mass is 10.0. The van der Waals surface area contributed by atoms with Crippen LogP contribution in [0.15, 0.2) is 48.5 Å². The summed E-state index contributed by atoms with van der Waals surface area (Å²) in [5.41, 5.74) is 6.89. The van der Waals surface area contributed by atoms with Gasteiger partial charge in [0, 0.05) is 12.1 Å². The van der Waals surface area contributed by atoms with Gasteiger partial charge in [-0.3, -0.25) is 0 Å². The van der Waals surface area contributed by atoms with Crippen molar-refractivity contribution >= 4 is 11.6 Å². The maximum atomic E-state index is 13.4. The minimum atomic E-state index is -0.504. The molecule has 2 aromatic rings. The summed E-state index contributed by atoms with van der Waals surface area (Å²) in [7, 11) is 0. The second kappa shape index (κ2) is 6.04. The lowest BCUT2D eigenvalue weighted by Gasteiger charge is -2.23. The van der Waals surface area contributed by atoms with Crippen LogP contribution in [0.1, 0.15) is 18.6 Å². The summed E-state index contributed by atoms with van der Waals surface area (Å²) in [6, 6.07) is 13.7. The molecule has 2 N–H and O–H groups in total. The molecule has 0 saturated carbocycles. The van der Waals surface area contributed by atoms with Crippen LogP contribution in [0.3, 0.4) is 0 Å². The topological polar surface area (TPSA) is 35.2 Å². The predicted molar refractivity (Wildman–Crippen MR) is 74.9 cm³/mol. The van der Waals surface area contributed by atoms with Crippen LogP contribution < -0.4 is 10.5 Å². The molecule has 19 heavy (non-hydrogen) atoms. The summed E-state index contributed by atoms with van der Waals surface area (Å²) >= 11 is 5.64. The molecule has 0 aliphatic heterocycles. The molecular weight excluding hydrogens is 265 g/mol. The van der Waals surface area contributed by atoms with Crippen molar-refractivity contribution in [1.29, 1.82) is 0 Å². The zero-order valence-electron chi connectivity index (χ0n) is 10.5. The SMILES string of the molecule is CC(N)C(Oc1ccc(Cl)c(F)c1)c1ccccc1. The molecule has 2 nitrogen and oxygen atoms in total. The largest absolute Gasteiger partial charge is 0.484 e. The molecule has 0 fully saturated rings. The molecule has 4 heteroatoms. The second-order valence-corrected chi connectivity index (χ2v) is 4.79. The highest BCUT2D eigenvalue weighted by molar-refractivity contribution is 6.30. The minimum absolute atomic E-state index is 0.0735. The average Bonchev–Trinajstić information content (AvgIpc) is 2.40. The first-order valence-corrected chi connectivity index (χ1v) is 6.38. The van der Waals surface area contributed by atoms with E-state index in [4.69, 9.17) is 22.1 Å². The van der Waals surface area contributed by atoms with Gasteiger partial charge in [0.15, 0.2) is 0 Å². The molecule has 0 radical (unpaired) electrons. The van der Waals surface area contributed by atoms with Gasteiger partial charge in [-0.1, -0.05) is 41.9 Å². The number of rotatable bonds is 4. The van der Waals surface area contributed by atoms with Crippen molar-refractivity contribution in [1.82, 2.24) is 0 Å². The van der Waals surface area contributed by atoms with E-state index in [1.807, 2.05) is 37.3 Å². The fraction of sp³-hybridized carbons (Fsp3) is 0.200. The fourth-order valence-electron chi connectivity index (χ4n) is 1.82. The number of halogens is 2. The Labute approximate surface area is 117 Å². The van der Waals surface area contributed by atoms with Crippen molar-refractivity contribution < 1.29 is 9.13 Å². The number of ether oxygens (including phenoxy) is 1. The fourth-order valence-corrected chi connectivity index (χ4v) is 1.94. The van der Waals surface area contributed by atoms with Crippen LogP contribution in [0.5, 0.6) is 5.75 Å². The van der Waals surface area contributed by atoms with Crippen molar-refractivity contribution in [2.45, 2.75) is 19.1 Å². The normalized spacial score (nSPS) is 13.9. The molecule has 0 spiro atoms. The summed E-state index contributed by atoms with van der Waals surface area (Å²) in [6.45, 7) is 1.85. The van der Waals surface area contributed by atoms with Crippen molar-refractivity contribution in [3.63, 3.8) is 0 Å². The summed E-state index contributed by atoms with van der Waals surface area (Å²) in [6.07, 6.45) is -0.332. The van der Waals surface area contributed by atoms with E-state index in [2.05, 4.69) is 0 Å². The summed E-state index contributed by atoms with van der Waals surface area (Å²) in [5, 5.41) is 0.0735. The van der Waals surface area contributed by atoms with E-state index in [0.29, 0.717) is 5.75 Å². The maximum Gasteiger partial charge on any atom is 0.145 e. The molecule has 0 aliphatic rings. The van der Waals surface area contributed by atoms with Crippen molar-refractivity contribution in [3.05, 3.63) is 64.9 Å². The van der Waals surface area contributed by atoms with Gasteiger partial charge in [-0.05, 0) is 24.6 Å². The van der Waals surface area contributed by atoms with Gasteiger partial charge in [0.25, 0.3) is 0 Å². The van der Waals surface area contributed by atoms with E-state index < -0.39 is 5.82 Å². The zero-order chi connectivity index (χ0) is 13.8. The van der Waals surface area contributed by atoms with Crippen LogP contribution >= 0.6 is 11.6 Å². The number of nitrogens with two attached hydrogens (primary N) is 1. The smallest absolute Gasteiger partial charge is 0.145 e. The van der Waals surface area contributed by atoms with E-state index in [9.17, 15) is 4.39 Å². The highest BCUT2D eigenvalue weighted by Crippen LogP contribution is 2.27. The Morgan fingerprint density at radius 1 is 1.16 bits per heavy atom. The van der Waals surface area contributed by atoms with Gasteiger partial charge in [-0.15, -0.1) is 0 Å². The number of hydrogen-bond acceptors (Lipinski definition) is 2. The molecule has 2 aromatic carbocycles. The molecule has 0 aliphatic carbocycles. The Morgan fingerprint density at radius 2 is 1.84 bits per heavy atom. The average molecular weight is 280 g/mol. The van der Waals surface area contributed by atoms with Gasteiger partial charge < -0.3 is 10.5 Å². The Balaban J connectivity index is 2.24. The first-order valence-electron chi connectivity index (χ1n) is 6.00. The summed E-state index contributed by atoms with van der Waals surface area (Å²) in [5.74, 6) is -0.0938. The number of hydrogen-bond donors (Lipinski definition) is 1. The van der Waals surface area contributed by atoms with E-state index in [-0.39, 0.29) is 17.2 Å². The molecule has 2 unspecified atom stereocenters. The maximum absolute atomic E-state index is 13.4. The lowest BCUT2D eigenvalue weighted by molar-refractivity contribution is 0.180. The third-order valence-electron chi connectivity index (χ3n) is 2.76. The third kappa shape index (κ3) is 3.46. The molecule has 0 amide bonds. The molecule has 100 valence electrons. The van der Waals surface area contributed by atoms with E-state index in [1.165, 1.54) is 12.1 Å². The molecule has 0 aromatic heterocycles. The first-order chi connectivity index (χ1) is 9.08. The van der Waals surface area contributed by atoms with Crippen LogP contribution in [-0.4, -0.2) is 6.04 Å². The molecular formula is C15H15ClFNO. The summed E-state index contributed by atoms with van der Waals surface area (Å²) in [4.78, 5) is 0. The van der Waals surface area contributed by atoms with Crippen LogP contribution in [-0.2, 0) is 0 Å². The van der Waals surface area contributed by atoms with Crippen LogP contribution in [0.25, 0.3) is 0 Å². The van der Waals surface area contributed by atoms with Crippen molar-refractivity contribution in [3.8, 4) is 5.75 Å². The lowest BCUT2D eigenvalue weighted by Crippen LogP contribution is -2.29. The molecule has 0 bridgehead atoms. The Morgan fingerprint density at radius 3 is 2.42 bits per heavy atom. The van der Waals surface area contributed by atoms with Gasteiger partial charge in [0.05, 0.1) is 5.02 Å². The molecule has 0 saturated heterocycles.